The molecule has 0 saturated carbocycles. The number of benzene rings is 2. The van der Waals surface area contributed by atoms with Gasteiger partial charge >= 0.3 is 0 Å². The summed E-state index contributed by atoms with van der Waals surface area (Å²) in [5, 5.41) is 12.0. The molecular formula is C24H24N2O4. The minimum Gasteiger partial charge on any atom is -0.507 e. The molecule has 1 aromatic heterocycles. The predicted molar refractivity (Wildman–Crippen MR) is 115 cm³/mol. The topological polar surface area (TPSA) is 82.6 Å². The molecule has 4 rings (SSSR count). The molecule has 0 bridgehead atoms. The quantitative estimate of drug-likeness (QED) is 0.282. The third-order valence-electron chi connectivity index (χ3n) is 5.49. The Kier molecular flexibility index (Phi) is 5.42. The maximum atomic E-state index is 13.0. The first-order chi connectivity index (χ1) is 14.5. The highest BCUT2D eigenvalue weighted by Gasteiger charge is 2.46. The Bertz CT molecular complexity index is 1140. The molecule has 154 valence electrons. The van der Waals surface area contributed by atoms with Gasteiger partial charge in [0.25, 0.3) is 11.7 Å². The van der Waals surface area contributed by atoms with Gasteiger partial charge in [0, 0.05) is 42.9 Å². The number of aromatic amines is 1. The zero-order chi connectivity index (χ0) is 21.3. The zero-order valence-electron chi connectivity index (χ0n) is 17.0. The largest absolute Gasteiger partial charge is 0.507 e. The van der Waals surface area contributed by atoms with Gasteiger partial charge in [0.1, 0.15) is 5.76 Å². The average molecular weight is 404 g/mol. The number of Topliss-reactive ketones (excluding diaryl/α,β-unsaturated/α-hetero) is 1. The number of fused-ring (bicyclic) bond motifs is 1. The van der Waals surface area contributed by atoms with Crippen LogP contribution in [-0.4, -0.2) is 46.9 Å². The van der Waals surface area contributed by atoms with Gasteiger partial charge in [-0.15, -0.1) is 0 Å². The number of nitrogens with zero attached hydrogens (tertiary/aromatic N) is 1. The van der Waals surface area contributed by atoms with E-state index >= 15 is 0 Å². The van der Waals surface area contributed by atoms with Crippen molar-refractivity contribution in [2.75, 3.05) is 20.3 Å². The Morgan fingerprint density at radius 2 is 1.97 bits per heavy atom. The highest BCUT2D eigenvalue weighted by atomic mass is 16.5. The van der Waals surface area contributed by atoms with Gasteiger partial charge in [0.15, 0.2) is 0 Å². The lowest BCUT2D eigenvalue weighted by atomic mass is 9.94. The van der Waals surface area contributed by atoms with E-state index in [-0.39, 0.29) is 11.3 Å². The summed E-state index contributed by atoms with van der Waals surface area (Å²) in [5.74, 6) is -1.42. The van der Waals surface area contributed by atoms with Crippen molar-refractivity contribution in [1.29, 1.82) is 0 Å². The smallest absolute Gasteiger partial charge is 0.295 e. The number of rotatable bonds is 6. The van der Waals surface area contributed by atoms with Gasteiger partial charge in [-0.05, 0) is 25.0 Å². The standard InChI is InChI=1S/C24H24N2O4/c1-15-7-5-8-16(13-15)21-20(23(28)24(29)26(21)11-6-12-30-2)22(27)18-14-25-19-10-4-3-9-17(18)19/h3-5,7-10,13-14,21,25,27H,6,11-12H2,1-2H3/b22-20-. The minimum absolute atomic E-state index is 0.118. The normalized spacial score (nSPS) is 18.5. The van der Waals surface area contributed by atoms with E-state index in [1.54, 1.807) is 13.3 Å². The summed E-state index contributed by atoms with van der Waals surface area (Å²) in [6.45, 7) is 2.80. The molecular weight excluding hydrogens is 380 g/mol. The second-order valence-electron chi connectivity index (χ2n) is 7.50. The summed E-state index contributed by atoms with van der Waals surface area (Å²) in [4.78, 5) is 30.6. The fourth-order valence-corrected chi connectivity index (χ4v) is 4.09. The van der Waals surface area contributed by atoms with E-state index in [2.05, 4.69) is 4.98 Å². The molecule has 1 saturated heterocycles. The molecule has 0 radical (unpaired) electrons. The van der Waals surface area contributed by atoms with E-state index in [4.69, 9.17) is 4.74 Å². The lowest BCUT2D eigenvalue weighted by Crippen LogP contribution is -2.31. The number of H-pyrrole nitrogens is 1. The number of likely N-dealkylation sites (tertiary alicyclic amines) is 1. The molecule has 6 nitrogen and oxygen atoms in total. The third-order valence-corrected chi connectivity index (χ3v) is 5.49. The molecule has 30 heavy (non-hydrogen) atoms. The van der Waals surface area contributed by atoms with Crippen molar-refractivity contribution in [3.05, 3.63) is 77.0 Å². The zero-order valence-corrected chi connectivity index (χ0v) is 17.0. The SMILES string of the molecule is COCCCN1C(=O)C(=O)/C(=C(\O)c2c[nH]c3ccccc23)C1c1cccc(C)c1. The molecule has 2 heterocycles. The van der Waals surface area contributed by atoms with Crippen LogP contribution >= 0.6 is 0 Å². The number of ether oxygens (including phenoxy) is 1. The van der Waals surface area contributed by atoms with Gasteiger partial charge in [-0.3, -0.25) is 9.59 Å². The highest BCUT2D eigenvalue weighted by Crippen LogP contribution is 2.40. The number of methoxy groups -OCH3 is 1. The molecule has 6 heteroatoms. The van der Waals surface area contributed by atoms with Gasteiger partial charge in [0.2, 0.25) is 0 Å². The predicted octanol–water partition coefficient (Wildman–Crippen LogP) is 3.93. The fourth-order valence-electron chi connectivity index (χ4n) is 4.09. The summed E-state index contributed by atoms with van der Waals surface area (Å²) < 4.78 is 5.12. The van der Waals surface area contributed by atoms with Crippen molar-refractivity contribution in [3.8, 4) is 0 Å². The summed E-state index contributed by atoms with van der Waals surface area (Å²) in [6.07, 6.45) is 2.27. The number of amides is 1. The average Bonchev–Trinajstić information content (AvgIpc) is 3.28. The number of hydrogen-bond acceptors (Lipinski definition) is 4. The molecule has 0 spiro atoms. The molecule has 1 fully saturated rings. The number of aliphatic hydroxyl groups is 1. The maximum absolute atomic E-state index is 13.0. The Balaban J connectivity index is 1.88. The molecule has 1 unspecified atom stereocenters. The summed E-state index contributed by atoms with van der Waals surface area (Å²) in [6, 6.07) is 14.6. The van der Waals surface area contributed by atoms with Crippen LogP contribution in [0.3, 0.4) is 0 Å². The summed E-state index contributed by atoms with van der Waals surface area (Å²) in [5.41, 5.74) is 3.29. The Labute approximate surface area is 174 Å². The number of aliphatic hydroxyl groups excluding tert-OH is 1. The lowest BCUT2D eigenvalue weighted by Gasteiger charge is -2.25. The van der Waals surface area contributed by atoms with Crippen LogP contribution in [0.1, 0.15) is 29.2 Å². The molecule has 0 aliphatic carbocycles. The first-order valence-corrected chi connectivity index (χ1v) is 9.93. The van der Waals surface area contributed by atoms with Crippen LogP contribution in [0.25, 0.3) is 16.7 Å². The summed E-state index contributed by atoms with van der Waals surface area (Å²) in [7, 11) is 1.60. The van der Waals surface area contributed by atoms with E-state index in [1.165, 1.54) is 4.90 Å². The van der Waals surface area contributed by atoms with Crippen molar-refractivity contribution in [2.24, 2.45) is 0 Å². The van der Waals surface area contributed by atoms with Gasteiger partial charge in [0.05, 0.1) is 11.6 Å². The van der Waals surface area contributed by atoms with Crippen molar-refractivity contribution in [3.63, 3.8) is 0 Å². The number of aryl methyl sites for hydroxylation is 1. The first kappa shape index (κ1) is 19.9. The van der Waals surface area contributed by atoms with Crippen LogP contribution in [0.15, 0.2) is 60.3 Å². The van der Waals surface area contributed by atoms with E-state index in [9.17, 15) is 14.7 Å². The van der Waals surface area contributed by atoms with Crippen molar-refractivity contribution in [1.82, 2.24) is 9.88 Å². The number of carbonyl (C=O) groups excluding carboxylic acids is 2. The van der Waals surface area contributed by atoms with Crippen LogP contribution in [-0.2, 0) is 14.3 Å². The van der Waals surface area contributed by atoms with Gasteiger partial charge < -0.3 is 19.7 Å². The van der Waals surface area contributed by atoms with Crippen LogP contribution in [0.5, 0.6) is 0 Å². The Morgan fingerprint density at radius 1 is 1.17 bits per heavy atom. The highest BCUT2D eigenvalue weighted by molar-refractivity contribution is 6.46. The van der Waals surface area contributed by atoms with Gasteiger partial charge in [-0.2, -0.15) is 0 Å². The van der Waals surface area contributed by atoms with E-state index < -0.39 is 17.7 Å². The molecule has 1 aliphatic rings. The minimum atomic E-state index is -0.665. The number of hydrogen-bond donors (Lipinski definition) is 2. The summed E-state index contributed by atoms with van der Waals surface area (Å²) >= 11 is 0. The number of carbonyl (C=O) groups is 2. The Morgan fingerprint density at radius 3 is 2.73 bits per heavy atom. The van der Waals surface area contributed by atoms with Crippen LogP contribution in [0, 0.1) is 6.92 Å². The van der Waals surface area contributed by atoms with Crippen molar-refractivity contribution < 1.29 is 19.4 Å². The molecule has 1 aliphatic heterocycles. The molecule has 2 N–H and O–H groups in total. The lowest BCUT2D eigenvalue weighted by molar-refractivity contribution is -0.140. The van der Waals surface area contributed by atoms with Crippen molar-refractivity contribution >= 4 is 28.4 Å². The molecule has 2 aromatic carbocycles. The number of aromatic nitrogens is 1. The third kappa shape index (κ3) is 3.39. The van der Waals surface area contributed by atoms with Crippen LogP contribution in [0.2, 0.25) is 0 Å². The Hall–Kier alpha value is -3.38. The van der Waals surface area contributed by atoms with E-state index in [1.807, 2.05) is 55.5 Å². The van der Waals surface area contributed by atoms with E-state index in [0.717, 1.165) is 22.0 Å². The van der Waals surface area contributed by atoms with Gasteiger partial charge in [-0.1, -0.05) is 48.0 Å². The van der Waals surface area contributed by atoms with Crippen LogP contribution < -0.4 is 0 Å². The van der Waals surface area contributed by atoms with Crippen LogP contribution in [0.4, 0.5) is 0 Å². The monoisotopic (exact) mass is 404 g/mol. The second kappa shape index (κ2) is 8.16. The van der Waals surface area contributed by atoms with E-state index in [0.29, 0.717) is 25.1 Å². The van der Waals surface area contributed by atoms with Gasteiger partial charge in [-0.25, -0.2) is 0 Å². The number of nitrogens with one attached hydrogen (secondary N) is 1. The number of para-hydroxylation sites is 1. The number of ketones is 1. The molecule has 1 atom stereocenters. The second-order valence-corrected chi connectivity index (χ2v) is 7.50. The fraction of sp³-hybridized carbons (Fsp3) is 0.250. The first-order valence-electron chi connectivity index (χ1n) is 9.93. The van der Waals surface area contributed by atoms with Crippen molar-refractivity contribution in [2.45, 2.75) is 19.4 Å². The maximum Gasteiger partial charge on any atom is 0.295 e. The molecule has 1 amide bonds. The molecule has 3 aromatic rings.